The van der Waals surface area contributed by atoms with Gasteiger partial charge in [0.1, 0.15) is 11.5 Å². The van der Waals surface area contributed by atoms with Crippen LogP contribution in [0.1, 0.15) is 36.3 Å². The van der Waals surface area contributed by atoms with Crippen molar-refractivity contribution in [1.82, 2.24) is 14.5 Å². The molecule has 0 N–H and O–H groups in total. The van der Waals surface area contributed by atoms with E-state index in [-0.39, 0.29) is 23.2 Å². The molecule has 9 heteroatoms. The number of ketones is 1. The second-order valence-corrected chi connectivity index (χ2v) is 11.0. The predicted octanol–water partition coefficient (Wildman–Crippen LogP) is 7.39. The number of rotatable bonds is 11. The second-order valence-electron chi connectivity index (χ2n) is 10.6. The fourth-order valence-electron chi connectivity index (χ4n) is 4.70. The summed E-state index contributed by atoms with van der Waals surface area (Å²) in [6.45, 7) is 4.96. The number of hydrogen-bond acceptors (Lipinski definition) is 7. The standard InChI is InChI=1S/C34H32ClN3O5/c1-21(2)12-14-38-19-27(22-5-7-23(35)8-6-22)34(40)28(20-38)30(39)15-24-9-10-25(18-37-24)43-31-11-13-36-29-17-33(42-4)32(41-3)16-26(29)31/h5-11,13,16-21H,12,14-15H2,1-4H3. The second kappa shape index (κ2) is 13.1. The topological polar surface area (TPSA) is 92.5 Å². The number of aryl methyl sites for hydroxylation is 1. The van der Waals surface area contributed by atoms with Crippen molar-refractivity contribution >= 4 is 28.3 Å². The molecule has 0 atom stereocenters. The number of aromatic nitrogens is 3. The summed E-state index contributed by atoms with van der Waals surface area (Å²) in [6.07, 6.45) is 7.55. The third-order valence-electron chi connectivity index (χ3n) is 7.07. The van der Waals surface area contributed by atoms with Crippen molar-refractivity contribution < 1.29 is 19.0 Å². The van der Waals surface area contributed by atoms with Crippen molar-refractivity contribution in [3.63, 3.8) is 0 Å². The lowest BCUT2D eigenvalue weighted by atomic mass is 10.0. The van der Waals surface area contributed by atoms with E-state index in [0.29, 0.717) is 62.8 Å². The summed E-state index contributed by atoms with van der Waals surface area (Å²) in [6, 6.07) is 15.9. The monoisotopic (exact) mass is 597 g/mol. The Bertz CT molecular complexity index is 1820. The molecular formula is C34H32ClN3O5. The zero-order chi connectivity index (χ0) is 30.5. The van der Waals surface area contributed by atoms with Gasteiger partial charge in [0.15, 0.2) is 22.7 Å². The predicted molar refractivity (Wildman–Crippen MR) is 168 cm³/mol. The molecule has 8 nitrogen and oxygen atoms in total. The molecule has 0 saturated heterocycles. The van der Waals surface area contributed by atoms with Crippen molar-refractivity contribution in [2.24, 2.45) is 5.92 Å². The minimum Gasteiger partial charge on any atom is -0.493 e. The molecule has 0 aliphatic heterocycles. The first-order chi connectivity index (χ1) is 20.7. The van der Waals surface area contributed by atoms with Crippen molar-refractivity contribution in [3.8, 4) is 34.1 Å². The van der Waals surface area contributed by atoms with E-state index in [0.717, 1.165) is 11.8 Å². The Morgan fingerprint density at radius 3 is 2.35 bits per heavy atom. The summed E-state index contributed by atoms with van der Waals surface area (Å²) in [5.74, 6) is 2.35. The molecule has 0 spiro atoms. The lowest BCUT2D eigenvalue weighted by Gasteiger charge is -2.14. The van der Waals surface area contributed by atoms with Gasteiger partial charge in [-0.2, -0.15) is 0 Å². The van der Waals surface area contributed by atoms with Crippen molar-refractivity contribution in [1.29, 1.82) is 0 Å². The molecule has 43 heavy (non-hydrogen) atoms. The molecule has 2 aromatic carbocycles. The van der Waals surface area contributed by atoms with Gasteiger partial charge in [-0.25, -0.2) is 0 Å². The molecule has 0 amide bonds. The summed E-state index contributed by atoms with van der Waals surface area (Å²) in [4.78, 5) is 35.8. The number of Topliss-reactive ketones (excluding diaryl/α,β-unsaturated/α-hetero) is 1. The molecule has 0 radical (unpaired) electrons. The highest BCUT2D eigenvalue weighted by atomic mass is 35.5. The number of halogens is 1. The molecular weight excluding hydrogens is 566 g/mol. The summed E-state index contributed by atoms with van der Waals surface area (Å²) in [5, 5.41) is 1.32. The molecule has 0 aliphatic rings. The van der Waals surface area contributed by atoms with E-state index in [1.165, 1.54) is 0 Å². The first kappa shape index (κ1) is 29.8. The molecule has 3 heterocycles. The third-order valence-corrected chi connectivity index (χ3v) is 7.33. The number of carbonyl (C=O) groups is 1. The SMILES string of the molecule is COc1cc2nccc(Oc3ccc(CC(=O)c4cn(CCC(C)C)cc(-c5ccc(Cl)cc5)c4=O)nc3)c2cc1OC. The molecule has 0 bridgehead atoms. The Morgan fingerprint density at radius 2 is 1.67 bits per heavy atom. The lowest BCUT2D eigenvalue weighted by Crippen LogP contribution is -2.22. The number of benzene rings is 2. The Kier molecular flexibility index (Phi) is 9.07. The maximum Gasteiger partial charge on any atom is 0.200 e. The number of pyridine rings is 3. The highest BCUT2D eigenvalue weighted by Gasteiger charge is 2.18. The van der Waals surface area contributed by atoms with E-state index < -0.39 is 0 Å². The zero-order valence-electron chi connectivity index (χ0n) is 24.5. The van der Waals surface area contributed by atoms with Gasteiger partial charge in [-0.05, 0) is 54.3 Å². The van der Waals surface area contributed by atoms with Crippen LogP contribution in [0.15, 0.2) is 84.2 Å². The van der Waals surface area contributed by atoms with Crippen LogP contribution in [0.25, 0.3) is 22.0 Å². The van der Waals surface area contributed by atoms with E-state index in [2.05, 4.69) is 23.8 Å². The average Bonchev–Trinajstić information content (AvgIpc) is 3.01. The number of carbonyl (C=O) groups excluding carboxylic acids is 1. The quantitative estimate of drug-likeness (QED) is 0.147. The Morgan fingerprint density at radius 1 is 0.930 bits per heavy atom. The number of methoxy groups -OCH3 is 2. The number of fused-ring (bicyclic) bond motifs is 1. The van der Waals surface area contributed by atoms with Crippen LogP contribution in [-0.4, -0.2) is 34.5 Å². The summed E-state index contributed by atoms with van der Waals surface area (Å²) >= 11 is 6.07. The van der Waals surface area contributed by atoms with E-state index in [1.54, 1.807) is 81.3 Å². The van der Waals surface area contributed by atoms with Gasteiger partial charge in [-0.3, -0.25) is 19.6 Å². The van der Waals surface area contributed by atoms with Gasteiger partial charge in [-0.1, -0.05) is 37.6 Å². The van der Waals surface area contributed by atoms with Gasteiger partial charge in [-0.15, -0.1) is 0 Å². The molecule has 220 valence electrons. The summed E-state index contributed by atoms with van der Waals surface area (Å²) in [5.41, 5.74) is 2.19. The molecule has 5 rings (SSSR count). The fourth-order valence-corrected chi connectivity index (χ4v) is 4.83. The maximum absolute atomic E-state index is 13.5. The third kappa shape index (κ3) is 6.87. The van der Waals surface area contributed by atoms with Crippen molar-refractivity contribution in [3.05, 3.63) is 106 Å². The van der Waals surface area contributed by atoms with Crippen LogP contribution in [0.2, 0.25) is 5.02 Å². The Balaban J connectivity index is 1.38. The van der Waals surface area contributed by atoms with E-state index >= 15 is 0 Å². The highest BCUT2D eigenvalue weighted by molar-refractivity contribution is 6.30. The summed E-state index contributed by atoms with van der Waals surface area (Å²) in [7, 11) is 3.14. The smallest absolute Gasteiger partial charge is 0.200 e. The van der Waals surface area contributed by atoms with Gasteiger partial charge in [0, 0.05) is 52.9 Å². The van der Waals surface area contributed by atoms with Crippen molar-refractivity contribution in [2.45, 2.75) is 33.2 Å². The van der Waals surface area contributed by atoms with E-state index in [9.17, 15) is 9.59 Å². The van der Waals surface area contributed by atoms with Crippen LogP contribution in [0.4, 0.5) is 0 Å². The van der Waals surface area contributed by atoms with Crippen molar-refractivity contribution in [2.75, 3.05) is 14.2 Å². The first-order valence-corrected chi connectivity index (χ1v) is 14.3. The number of ether oxygens (including phenoxy) is 3. The fraction of sp³-hybridized carbons (Fsp3) is 0.235. The number of hydrogen-bond donors (Lipinski definition) is 0. The van der Waals surface area contributed by atoms with E-state index in [4.69, 9.17) is 25.8 Å². The van der Waals surface area contributed by atoms with Crippen LogP contribution in [0, 0.1) is 5.92 Å². The van der Waals surface area contributed by atoms with Gasteiger partial charge in [0.2, 0.25) is 0 Å². The molecule has 3 aromatic heterocycles. The van der Waals surface area contributed by atoms with Gasteiger partial charge in [0.25, 0.3) is 0 Å². The average molecular weight is 598 g/mol. The minimum absolute atomic E-state index is 0.0288. The van der Waals surface area contributed by atoms with Crippen LogP contribution in [0.3, 0.4) is 0 Å². The lowest BCUT2D eigenvalue weighted by molar-refractivity contribution is 0.0990. The van der Waals surface area contributed by atoms with Gasteiger partial charge >= 0.3 is 0 Å². The van der Waals surface area contributed by atoms with Gasteiger partial charge in [0.05, 0.1) is 37.9 Å². The van der Waals surface area contributed by atoms with Crippen LogP contribution in [0.5, 0.6) is 23.0 Å². The molecule has 0 aliphatic carbocycles. The van der Waals surface area contributed by atoms with E-state index in [1.807, 2.05) is 16.8 Å². The minimum atomic E-state index is -0.315. The first-order valence-electron chi connectivity index (χ1n) is 13.9. The van der Waals surface area contributed by atoms with Crippen LogP contribution in [-0.2, 0) is 13.0 Å². The van der Waals surface area contributed by atoms with Gasteiger partial charge < -0.3 is 18.8 Å². The Hall–Kier alpha value is -4.69. The maximum atomic E-state index is 13.5. The normalized spacial score (nSPS) is 11.1. The molecule has 0 saturated carbocycles. The summed E-state index contributed by atoms with van der Waals surface area (Å²) < 4.78 is 18.9. The Labute approximate surface area is 254 Å². The van der Waals surface area contributed by atoms with Crippen LogP contribution >= 0.6 is 11.6 Å². The molecule has 0 fully saturated rings. The molecule has 5 aromatic rings. The number of nitrogens with zero attached hydrogens (tertiary/aromatic N) is 3. The highest BCUT2D eigenvalue weighted by Crippen LogP contribution is 2.36. The van der Waals surface area contributed by atoms with Crippen LogP contribution < -0.4 is 19.6 Å². The largest absolute Gasteiger partial charge is 0.493 e. The zero-order valence-corrected chi connectivity index (χ0v) is 25.2. The molecule has 0 unspecified atom stereocenters.